The van der Waals surface area contributed by atoms with E-state index < -0.39 is 4.92 Å². The summed E-state index contributed by atoms with van der Waals surface area (Å²) in [6.45, 7) is 4.16. The van der Waals surface area contributed by atoms with Gasteiger partial charge in [0, 0.05) is 17.3 Å². The number of hydrogen-bond donors (Lipinski definition) is 1. The van der Waals surface area contributed by atoms with Crippen molar-refractivity contribution >= 4 is 28.6 Å². The van der Waals surface area contributed by atoms with Crippen LogP contribution in [0.15, 0.2) is 53.9 Å². The number of carbonyl (C=O) groups excluding carboxylic acids is 1. The number of thiophene rings is 1. The fourth-order valence-electron chi connectivity index (χ4n) is 2.47. The molecule has 1 aromatic heterocycles. The Balaban J connectivity index is 1.65. The molecule has 7 heteroatoms. The van der Waals surface area contributed by atoms with Gasteiger partial charge in [0.05, 0.1) is 9.80 Å². The number of rotatable bonds is 6. The van der Waals surface area contributed by atoms with Gasteiger partial charge in [-0.25, -0.2) is 0 Å². The summed E-state index contributed by atoms with van der Waals surface area (Å²) in [5, 5.41) is 15.7. The van der Waals surface area contributed by atoms with Crippen molar-refractivity contribution in [1.29, 1.82) is 0 Å². The second-order valence-corrected chi connectivity index (χ2v) is 7.00. The molecule has 0 fully saturated rings. The van der Waals surface area contributed by atoms with Crippen molar-refractivity contribution in [3.8, 4) is 5.75 Å². The largest absolute Gasteiger partial charge is 0.482 e. The van der Waals surface area contributed by atoms with Crippen LogP contribution >= 0.6 is 11.3 Å². The van der Waals surface area contributed by atoms with Crippen molar-refractivity contribution in [3.63, 3.8) is 0 Å². The molecule has 0 aliphatic carbocycles. The van der Waals surface area contributed by atoms with Crippen LogP contribution in [0.4, 0.5) is 11.4 Å². The summed E-state index contributed by atoms with van der Waals surface area (Å²) in [7, 11) is 0. The molecule has 3 rings (SSSR count). The highest BCUT2D eigenvalue weighted by Gasteiger charge is 2.15. The Kier molecular flexibility index (Phi) is 5.52. The van der Waals surface area contributed by atoms with Gasteiger partial charge in [-0.2, -0.15) is 0 Å². The molecule has 0 radical (unpaired) electrons. The van der Waals surface area contributed by atoms with Crippen molar-refractivity contribution in [3.05, 3.63) is 85.6 Å². The first-order valence-electron chi connectivity index (χ1n) is 8.26. The van der Waals surface area contributed by atoms with E-state index in [0.717, 1.165) is 16.8 Å². The van der Waals surface area contributed by atoms with Crippen LogP contribution < -0.4 is 10.1 Å². The smallest absolute Gasteiger partial charge is 0.310 e. The number of nitrogens with zero attached hydrogens (tertiary/aromatic N) is 1. The number of anilines is 1. The lowest BCUT2D eigenvalue weighted by molar-refractivity contribution is -0.385. The lowest BCUT2D eigenvalue weighted by Gasteiger charge is -2.06. The summed E-state index contributed by atoms with van der Waals surface area (Å²) < 4.78 is 5.56. The highest BCUT2D eigenvalue weighted by atomic mass is 32.1. The molecule has 3 aromatic rings. The van der Waals surface area contributed by atoms with Crippen LogP contribution in [0.25, 0.3) is 0 Å². The van der Waals surface area contributed by atoms with Crippen LogP contribution in [0.1, 0.15) is 26.4 Å². The molecule has 0 saturated heterocycles. The van der Waals surface area contributed by atoms with E-state index in [1.165, 1.54) is 23.0 Å². The van der Waals surface area contributed by atoms with Gasteiger partial charge >= 0.3 is 5.69 Å². The number of hydrogen-bond acceptors (Lipinski definition) is 5. The molecule has 138 valence electrons. The molecular formula is C20H18N2O4S. The van der Waals surface area contributed by atoms with E-state index in [9.17, 15) is 14.9 Å². The van der Waals surface area contributed by atoms with Gasteiger partial charge in [0.15, 0.2) is 5.75 Å². The second kappa shape index (κ2) is 8.01. The Morgan fingerprint density at radius 2 is 1.93 bits per heavy atom. The van der Waals surface area contributed by atoms with Gasteiger partial charge in [-0.1, -0.05) is 18.2 Å². The fourth-order valence-corrected chi connectivity index (χ4v) is 3.27. The number of ether oxygens (including phenoxy) is 1. The second-order valence-electron chi connectivity index (χ2n) is 6.09. The summed E-state index contributed by atoms with van der Waals surface area (Å²) in [4.78, 5) is 23.5. The van der Waals surface area contributed by atoms with Crippen LogP contribution in [0.2, 0.25) is 0 Å². The number of para-hydroxylation sites is 2. The lowest BCUT2D eigenvalue weighted by atomic mass is 10.1. The van der Waals surface area contributed by atoms with Crippen LogP contribution in [0, 0.1) is 24.0 Å². The van der Waals surface area contributed by atoms with Crippen LogP contribution in [-0.2, 0) is 6.61 Å². The van der Waals surface area contributed by atoms with Crippen molar-refractivity contribution in [1.82, 2.24) is 0 Å². The Labute approximate surface area is 160 Å². The van der Waals surface area contributed by atoms with Gasteiger partial charge in [0.1, 0.15) is 6.61 Å². The normalized spacial score (nSPS) is 10.4. The maximum absolute atomic E-state index is 12.4. The minimum absolute atomic E-state index is 0.0829. The molecule has 1 heterocycles. The molecule has 6 nitrogen and oxygen atoms in total. The average molecular weight is 382 g/mol. The minimum atomic E-state index is -0.481. The summed E-state index contributed by atoms with van der Waals surface area (Å²) in [5.74, 6) is 0.00928. The molecule has 0 spiro atoms. The predicted molar refractivity (Wildman–Crippen MR) is 106 cm³/mol. The van der Waals surface area contributed by atoms with E-state index in [-0.39, 0.29) is 24.0 Å². The first-order valence-corrected chi connectivity index (χ1v) is 9.14. The van der Waals surface area contributed by atoms with Gasteiger partial charge in [-0.05, 0) is 54.6 Å². The maximum atomic E-state index is 12.4. The topological polar surface area (TPSA) is 81.5 Å². The first-order chi connectivity index (χ1) is 12.9. The molecule has 0 aliphatic heterocycles. The molecule has 0 unspecified atom stereocenters. The molecule has 0 aliphatic rings. The zero-order valence-electron chi connectivity index (χ0n) is 14.9. The van der Waals surface area contributed by atoms with Gasteiger partial charge < -0.3 is 10.1 Å². The maximum Gasteiger partial charge on any atom is 0.310 e. The number of nitro benzene ring substituents is 1. The van der Waals surface area contributed by atoms with E-state index in [0.29, 0.717) is 4.88 Å². The predicted octanol–water partition coefficient (Wildman–Crippen LogP) is 5.10. The third kappa shape index (κ3) is 4.51. The Hall–Kier alpha value is -3.19. The number of nitrogens with one attached hydrogen (secondary N) is 1. The van der Waals surface area contributed by atoms with Gasteiger partial charge in [-0.3, -0.25) is 14.9 Å². The van der Waals surface area contributed by atoms with E-state index in [1.54, 1.807) is 24.3 Å². The fraction of sp³-hybridized carbons (Fsp3) is 0.150. The standard InChI is InChI=1S/C20H18N2O4S/c1-13-7-8-16(9-14(13)2)21-20(23)19-10-15(12-27-19)11-26-18-6-4-3-5-17(18)22(24)25/h3-10,12H,11H2,1-2H3,(H,21,23). The Bertz CT molecular complexity index is 997. The summed E-state index contributed by atoms with van der Waals surface area (Å²) in [6, 6.07) is 13.7. The molecule has 2 aromatic carbocycles. The molecule has 27 heavy (non-hydrogen) atoms. The zero-order chi connectivity index (χ0) is 19.4. The Morgan fingerprint density at radius 3 is 2.67 bits per heavy atom. The highest BCUT2D eigenvalue weighted by molar-refractivity contribution is 7.12. The van der Waals surface area contributed by atoms with Crippen molar-refractivity contribution in [2.45, 2.75) is 20.5 Å². The number of carbonyl (C=O) groups is 1. The number of nitro groups is 1. The van der Waals surface area contributed by atoms with E-state index in [2.05, 4.69) is 5.32 Å². The van der Waals surface area contributed by atoms with Crippen LogP contribution in [0.3, 0.4) is 0 Å². The van der Waals surface area contributed by atoms with Crippen molar-refractivity contribution < 1.29 is 14.5 Å². The van der Waals surface area contributed by atoms with Crippen molar-refractivity contribution in [2.24, 2.45) is 0 Å². The molecule has 1 N–H and O–H groups in total. The van der Waals surface area contributed by atoms with Gasteiger partial charge in [0.25, 0.3) is 5.91 Å². The molecule has 0 saturated carbocycles. The lowest BCUT2D eigenvalue weighted by Crippen LogP contribution is -2.10. The minimum Gasteiger partial charge on any atom is -0.482 e. The zero-order valence-corrected chi connectivity index (χ0v) is 15.7. The summed E-state index contributed by atoms with van der Waals surface area (Å²) in [6.07, 6.45) is 0. The van der Waals surface area contributed by atoms with Gasteiger partial charge in [-0.15, -0.1) is 11.3 Å². The van der Waals surface area contributed by atoms with E-state index >= 15 is 0 Å². The highest BCUT2D eigenvalue weighted by Crippen LogP contribution is 2.27. The SMILES string of the molecule is Cc1ccc(NC(=O)c2cc(COc3ccccc3[N+](=O)[O-])cs2)cc1C. The Morgan fingerprint density at radius 1 is 1.15 bits per heavy atom. The van der Waals surface area contributed by atoms with Crippen LogP contribution in [-0.4, -0.2) is 10.8 Å². The number of aryl methyl sites for hydroxylation is 2. The third-order valence-corrected chi connectivity index (χ3v) is 5.08. The summed E-state index contributed by atoms with van der Waals surface area (Å²) >= 11 is 1.30. The first kappa shape index (κ1) is 18.6. The number of benzene rings is 2. The number of amides is 1. The van der Waals surface area contributed by atoms with Crippen molar-refractivity contribution in [2.75, 3.05) is 5.32 Å². The summed E-state index contributed by atoms with van der Waals surface area (Å²) in [5.41, 5.74) is 3.72. The molecule has 1 amide bonds. The average Bonchev–Trinajstić information content (AvgIpc) is 3.12. The van der Waals surface area contributed by atoms with Gasteiger partial charge in [0.2, 0.25) is 0 Å². The van der Waals surface area contributed by atoms with E-state index in [4.69, 9.17) is 4.74 Å². The molecule has 0 atom stereocenters. The molecule has 0 bridgehead atoms. The quantitative estimate of drug-likeness (QED) is 0.475. The molecular weight excluding hydrogens is 364 g/mol. The monoisotopic (exact) mass is 382 g/mol. The third-order valence-electron chi connectivity index (χ3n) is 4.10. The van der Waals surface area contributed by atoms with E-state index in [1.807, 2.05) is 37.4 Å². The van der Waals surface area contributed by atoms with Crippen LogP contribution in [0.5, 0.6) is 5.75 Å².